The van der Waals surface area contributed by atoms with Crippen LogP contribution in [-0.2, 0) is 17.8 Å². The van der Waals surface area contributed by atoms with Crippen molar-refractivity contribution >= 4 is 17.3 Å². The number of aromatic nitrogens is 1. The smallest absolute Gasteiger partial charge is 0.282 e. The molecule has 10 heteroatoms. The van der Waals surface area contributed by atoms with Gasteiger partial charge in [-0.2, -0.15) is 5.26 Å². The number of pyridine rings is 1. The third-order valence-electron chi connectivity index (χ3n) is 7.83. The van der Waals surface area contributed by atoms with Crippen molar-refractivity contribution < 1.29 is 19.0 Å². The largest absolute Gasteiger partial charge is 0.506 e. The quantitative estimate of drug-likeness (QED) is 0.581. The Bertz CT molecular complexity index is 1270. The number of ether oxygens (including phenoxy) is 1. The Hall–Kier alpha value is -3.84. The van der Waals surface area contributed by atoms with Gasteiger partial charge in [-0.05, 0) is 45.0 Å². The summed E-state index contributed by atoms with van der Waals surface area (Å²) in [5.41, 5.74) is 3.71. The molecular formula is C28H33FN6O3. The molecule has 9 nitrogen and oxygen atoms in total. The lowest BCUT2D eigenvalue weighted by atomic mass is 9.97. The predicted octanol–water partition coefficient (Wildman–Crippen LogP) is 2.83. The lowest BCUT2D eigenvalue weighted by Gasteiger charge is -2.39. The Balaban J connectivity index is 1.48. The predicted molar refractivity (Wildman–Crippen MR) is 142 cm³/mol. The van der Waals surface area contributed by atoms with Crippen LogP contribution in [0.5, 0.6) is 11.6 Å². The Kier molecular flexibility index (Phi) is 7.38. The van der Waals surface area contributed by atoms with Crippen LogP contribution in [0.3, 0.4) is 0 Å². The van der Waals surface area contributed by atoms with Gasteiger partial charge in [0.05, 0.1) is 23.6 Å². The van der Waals surface area contributed by atoms with Crippen molar-refractivity contribution in [2.45, 2.75) is 31.8 Å². The molecule has 3 aliphatic rings. The summed E-state index contributed by atoms with van der Waals surface area (Å²) in [6.07, 6.45) is 2.78. The zero-order valence-electron chi connectivity index (χ0n) is 21.7. The van der Waals surface area contributed by atoms with Crippen molar-refractivity contribution in [1.82, 2.24) is 14.8 Å². The zero-order valence-corrected chi connectivity index (χ0v) is 21.7. The number of anilines is 2. The number of nitrogens with zero attached hydrogens (tertiary/aromatic N) is 6. The summed E-state index contributed by atoms with van der Waals surface area (Å²) in [5, 5.41) is 20.7. The van der Waals surface area contributed by atoms with Gasteiger partial charge in [0.1, 0.15) is 24.0 Å². The lowest BCUT2D eigenvalue weighted by Crippen LogP contribution is -2.49. The highest BCUT2D eigenvalue weighted by molar-refractivity contribution is 5.90. The number of likely N-dealkylation sites (N-methyl/N-ethyl adjacent to an activating group) is 1. The molecule has 38 heavy (non-hydrogen) atoms. The van der Waals surface area contributed by atoms with Gasteiger partial charge in [-0.1, -0.05) is 18.7 Å². The molecule has 0 spiro atoms. The molecule has 5 rings (SSSR count). The van der Waals surface area contributed by atoms with Gasteiger partial charge in [-0.3, -0.25) is 4.79 Å². The molecule has 0 aliphatic carbocycles. The van der Waals surface area contributed by atoms with E-state index in [1.54, 1.807) is 12.1 Å². The van der Waals surface area contributed by atoms with Crippen LogP contribution in [0.1, 0.15) is 29.7 Å². The molecule has 1 N–H and O–H groups in total. The average molecular weight is 521 g/mol. The molecule has 1 aromatic heterocycles. The van der Waals surface area contributed by atoms with E-state index in [0.717, 1.165) is 42.0 Å². The number of aromatic hydroxyl groups is 1. The molecule has 0 bridgehead atoms. The average Bonchev–Trinajstić information content (AvgIpc) is 3.35. The van der Waals surface area contributed by atoms with E-state index in [1.807, 2.05) is 12.1 Å². The summed E-state index contributed by atoms with van der Waals surface area (Å²) in [7, 11) is 2.08. The van der Waals surface area contributed by atoms with Crippen LogP contribution < -0.4 is 14.5 Å². The molecule has 2 saturated heterocycles. The highest BCUT2D eigenvalue weighted by atomic mass is 19.1. The summed E-state index contributed by atoms with van der Waals surface area (Å²) < 4.78 is 19.7. The molecule has 1 aromatic carbocycles. The van der Waals surface area contributed by atoms with Crippen LogP contribution in [0.15, 0.2) is 36.7 Å². The Morgan fingerprint density at radius 2 is 1.97 bits per heavy atom. The summed E-state index contributed by atoms with van der Waals surface area (Å²) in [4.78, 5) is 24.9. The van der Waals surface area contributed by atoms with E-state index in [-0.39, 0.29) is 11.8 Å². The normalized spacial score (nSPS) is 19.7. The number of phenols is 1. The first kappa shape index (κ1) is 25.8. The number of rotatable bonds is 6. The van der Waals surface area contributed by atoms with Crippen molar-refractivity contribution in [3.05, 3.63) is 53.5 Å². The van der Waals surface area contributed by atoms with Crippen molar-refractivity contribution in [2.75, 3.05) is 62.7 Å². The monoisotopic (exact) mass is 520 g/mol. The van der Waals surface area contributed by atoms with Gasteiger partial charge < -0.3 is 29.4 Å². The number of likely N-dealkylation sites (tertiary alicyclic amines) is 1. The molecule has 4 heterocycles. The Morgan fingerprint density at radius 1 is 1.21 bits per heavy atom. The fourth-order valence-corrected chi connectivity index (χ4v) is 5.70. The molecule has 3 aliphatic heterocycles. The topological polar surface area (TPSA) is 96.2 Å². The third-order valence-corrected chi connectivity index (χ3v) is 7.83. The maximum atomic E-state index is 13.4. The van der Waals surface area contributed by atoms with E-state index in [0.29, 0.717) is 63.7 Å². The van der Waals surface area contributed by atoms with Crippen LogP contribution in [-0.4, -0.2) is 84.8 Å². The minimum absolute atomic E-state index is 0.209. The number of para-hydroxylation sites is 2. The number of carbonyl (C=O) groups is 1. The summed E-state index contributed by atoms with van der Waals surface area (Å²) in [6, 6.07) is 9.85. The van der Waals surface area contributed by atoms with Crippen molar-refractivity contribution in [3.8, 4) is 17.7 Å². The number of piperazine rings is 1. The van der Waals surface area contributed by atoms with Gasteiger partial charge in [0.15, 0.2) is 5.83 Å². The van der Waals surface area contributed by atoms with E-state index in [1.165, 1.54) is 4.90 Å². The van der Waals surface area contributed by atoms with Crippen LogP contribution >= 0.6 is 0 Å². The first-order valence-corrected chi connectivity index (χ1v) is 13.1. The fraction of sp³-hybridized carbons (Fsp3) is 0.464. The molecule has 0 radical (unpaired) electrons. The second kappa shape index (κ2) is 10.9. The van der Waals surface area contributed by atoms with E-state index in [4.69, 9.17) is 9.72 Å². The molecule has 1 amide bonds. The maximum Gasteiger partial charge on any atom is 0.282 e. The zero-order chi connectivity index (χ0) is 26.8. The molecular weight excluding hydrogens is 487 g/mol. The number of nitriles is 1. The number of hydrogen-bond donors (Lipinski definition) is 1. The second-order valence-corrected chi connectivity index (χ2v) is 10.1. The SMILES string of the molecule is C=C(F)C(=O)N1CCN(c2c(C#N)c(OCC3CCCN3C)nc3c2CCN(c2ccccc2O)C3)CC1. The Labute approximate surface area is 222 Å². The number of fused-ring (bicyclic) bond motifs is 1. The van der Waals surface area contributed by atoms with E-state index in [9.17, 15) is 19.6 Å². The van der Waals surface area contributed by atoms with Gasteiger partial charge in [-0.25, -0.2) is 9.37 Å². The maximum absolute atomic E-state index is 13.4. The number of amides is 1. The van der Waals surface area contributed by atoms with Crippen LogP contribution in [0.2, 0.25) is 0 Å². The van der Waals surface area contributed by atoms with E-state index in [2.05, 4.69) is 34.4 Å². The first-order chi connectivity index (χ1) is 18.4. The molecule has 200 valence electrons. The minimum atomic E-state index is -0.964. The molecule has 1 atom stereocenters. The fourth-order valence-electron chi connectivity index (χ4n) is 5.70. The second-order valence-electron chi connectivity index (χ2n) is 10.1. The van der Waals surface area contributed by atoms with Crippen molar-refractivity contribution in [2.24, 2.45) is 0 Å². The highest BCUT2D eigenvalue weighted by Gasteiger charge is 2.32. The van der Waals surface area contributed by atoms with Gasteiger partial charge >= 0.3 is 0 Å². The van der Waals surface area contributed by atoms with Gasteiger partial charge in [-0.15, -0.1) is 0 Å². The first-order valence-electron chi connectivity index (χ1n) is 13.1. The summed E-state index contributed by atoms with van der Waals surface area (Å²) in [6.45, 7) is 7.29. The highest BCUT2D eigenvalue weighted by Crippen LogP contribution is 2.39. The lowest BCUT2D eigenvalue weighted by molar-refractivity contribution is -0.128. The summed E-state index contributed by atoms with van der Waals surface area (Å²) >= 11 is 0. The number of hydrogen-bond acceptors (Lipinski definition) is 8. The summed E-state index contributed by atoms with van der Waals surface area (Å²) in [5.74, 6) is -1.13. The number of halogens is 1. The van der Waals surface area contributed by atoms with Crippen molar-refractivity contribution in [3.63, 3.8) is 0 Å². The van der Waals surface area contributed by atoms with Gasteiger partial charge in [0.25, 0.3) is 5.91 Å². The van der Waals surface area contributed by atoms with Crippen LogP contribution in [0.4, 0.5) is 15.8 Å². The van der Waals surface area contributed by atoms with Gasteiger partial charge in [0.2, 0.25) is 5.88 Å². The van der Waals surface area contributed by atoms with Crippen LogP contribution in [0, 0.1) is 11.3 Å². The van der Waals surface area contributed by atoms with Crippen molar-refractivity contribution in [1.29, 1.82) is 5.26 Å². The standard InChI is InChI=1S/C28H33FN6O3/c1-19(29)28(37)34-14-12-33(13-15-34)26-21-9-11-35(24-7-3-4-8-25(24)36)17-23(21)31-27(22(26)16-30)38-18-20-6-5-10-32(20)2/h3-4,7-8,20,36H,1,5-6,9-15,17-18H2,2H3. The van der Waals surface area contributed by atoms with Crippen LogP contribution in [0.25, 0.3) is 0 Å². The minimum Gasteiger partial charge on any atom is -0.506 e. The molecule has 2 aromatic rings. The molecule has 2 fully saturated rings. The molecule has 1 unspecified atom stereocenters. The number of benzene rings is 1. The number of carbonyl (C=O) groups excluding carboxylic acids is 1. The number of phenolic OH excluding ortho intramolecular Hbond substituents is 1. The Morgan fingerprint density at radius 3 is 2.63 bits per heavy atom. The van der Waals surface area contributed by atoms with Gasteiger partial charge in [0, 0.05) is 44.3 Å². The third kappa shape index (κ3) is 4.98. The van der Waals surface area contributed by atoms with E-state index >= 15 is 0 Å². The molecule has 0 saturated carbocycles. The van der Waals surface area contributed by atoms with E-state index < -0.39 is 11.7 Å².